The maximum Gasteiger partial charge on any atom is 0.239 e. The molecular formula is C9H11F3N2O. The molecule has 2 N–H and O–H groups in total. The van der Waals surface area contributed by atoms with Gasteiger partial charge in [-0.2, -0.15) is 4.98 Å². The minimum absolute atomic E-state index is 0.00500. The molecule has 0 unspecified atom stereocenters. The number of hydrogen-bond acceptors (Lipinski definition) is 3. The van der Waals surface area contributed by atoms with Crippen molar-refractivity contribution in [3.05, 3.63) is 17.4 Å². The van der Waals surface area contributed by atoms with Crippen LogP contribution >= 0.6 is 0 Å². The number of anilines is 1. The zero-order valence-electron chi connectivity index (χ0n) is 8.14. The third-order valence-electron chi connectivity index (χ3n) is 1.87. The Balaban J connectivity index is 2.89. The van der Waals surface area contributed by atoms with E-state index in [0.717, 1.165) is 6.07 Å². The number of pyridine rings is 1. The van der Waals surface area contributed by atoms with Gasteiger partial charge in [-0.25, -0.2) is 13.2 Å². The summed E-state index contributed by atoms with van der Waals surface area (Å²) in [5.41, 5.74) is 5.50. The fourth-order valence-corrected chi connectivity index (χ4v) is 1.14. The van der Waals surface area contributed by atoms with E-state index in [9.17, 15) is 13.2 Å². The minimum Gasteiger partial charge on any atom is -0.481 e. The van der Waals surface area contributed by atoms with Crippen LogP contribution in [-0.4, -0.2) is 18.5 Å². The van der Waals surface area contributed by atoms with Gasteiger partial charge in [-0.3, -0.25) is 0 Å². The van der Waals surface area contributed by atoms with E-state index < -0.39 is 12.2 Å². The molecule has 0 amide bonds. The van der Waals surface area contributed by atoms with E-state index in [2.05, 4.69) is 4.98 Å². The Morgan fingerprint density at radius 1 is 1.53 bits per heavy atom. The number of nitrogens with two attached hydrogens (primary N) is 1. The Bertz CT molecular complexity index is 344. The number of alkyl halides is 2. The molecule has 1 aromatic heterocycles. The monoisotopic (exact) mass is 220 g/mol. The first-order valence-electron chi connectivity index (χ1n) is 4.31. The molecule has 0 aliphatic rings. The molecule has 0 radical (unpaired) electrons. The van der Waals surface area contributed by atoms with Gasteiger partial charge in [0.05, 0.1) is 7.11 Å². The summed E-state index contributed by atoms with van der Waals surface area (Å²) in [6.45, 7) is 0. The molecule has 0 fully saturated rings. The molecule has 1 heterocycles. The fourth-order valence-electron chi connectivity index (χ4n) is 1.14. The lowest BCUT2D eigenvalue weighted by Gasteiger charge is -2.08. The van der Waals surface area contributed by atoms with E-state index in [-0.39, 0.29) is 24.5 Å². The molecule has 3 nitrogen and oxygen atoms in total. The lowest BCUT2D eigenvalue weighted by atomic mass is 10.1. The van der Waals surface area contributed by atoms with E-state index in [0.29, 0.717) is 5.56 Å². The number of nitrogens with zero attached hydrogens (tertiary/aromatic N) is 1. The van der Waals surface area contributed by atoms with Gasteiger partial charge < -0.3 is 10.5 Å². The molecule has 0 bridgehead atoms. The molecule has 0 aliphatic heterocycles. The molecule has 0 saturated carbocycles. The number of ether oxygens (including phenoxy) is 1. The molecule has 0 aromatic carbocycles. The van der Waals surface area contributed by atoms with E-state index in [1.54, 1.807) is 0 Å². The highest BCUT2D eigenvalue weighted by Crippen LogP contribution is 2.22. The van der Waals surface area contributed by atoms with Crippen LogP contribution in [0, 0.1) is 5.82 Å². The summed E-state index contributed by atoms with van der Waals surface area (Å²) < 4.78 is 41.7. The number of rotatable bonds is 4. The van der Waals surface area contributed by atoms with E-state index in [1.807, 2.05) is 0 Å². The Morgan fingerprint density at radius 3 is 2.73 bits per heavy atom. The number of aromatic nitrogens is 1. The summed E-state index contributed by atoms with van der Waals surface area (Å²) in [6.07, 6.45) is -2.79. The predicted molar refractivity (Wildman–Crippen MR) is 49.5 cm³/mol. The second-order valence-electron chi connectivity index (χ2n) is 2.95. The molecule has 0 saturated heterocycles. The van der Waals surface area contributed by atoms with Gasteiger partial charge in [-0.15, -0.1) is 0 Å². The number of methoxy groups -OCH3 is 1. The summed E-state index contributed by atoms with van der Waals surface area (Å²) in [6, 6.07) is 1.07. The summed E-state index contributed by atoms with van der Waals surface area (Å²) in [4.78, 5) is 3.60. The predicted octanol–water partition coefficient (Wildman–Crippen LogP) is 2.01. The number of halogens is 3. The minimum atomic E-state index is -2.43. The Kier molecular flexibility index (Phi) is 3.76. The van der Waals surface area contributed by atoms with Crippen LogP contribution in [0.25, 0.3) is 0 Å². The number of aryl methyl sites for hydroxylation is 1. The van der Waals surface area contributed by atoms with Crippen molar-refractivity contribution in [2.75, 3.05) is 12.8 Å². The number of nitrogen functional groups attached to an aromatic ring is 1. The third kappa shape index (κ3) is 3.00. The lowest BCUT2D eigenvalue weighted by Crippen LogP contribution is -2.03. The van der Waals surface area contributed by atoms with Gasteiger partial charge in [-0.1, -0.05) is 0 Å². The van der Waals surface area contributed by atoms with Crippen LogP contribution in [0.3, 0.4) is 0 Å². The second-order valence-corrected chi connectivity index (χ2v) is 2.95. The Hall–Kier alpha value is -1.46. The maximum atomic E-state index is 13.0. The Morgan fingerprint density at radius 2 is 2.20 bits per heavy atom. The van der Waals surface area contributed by atoms with E-state index in [4.69, 9.17) is 10.5 Å². The molecular weight excluding hydrogens is 209 g/mol. The standard InChI is InChI=1S/C9H11F3N2O/c1-15-9-5(2-3-7(11)12)4-6(10)8(13)14-9/h4,7H,2-3H2,1H3,(H2,13,14). The van der Waals surface area contributed by atoms with E-state index >= 15 is 0 Å². The van der Waals surface area contributed by atoms with Crippen molar-refractivity contribution in [3.8, 4) is 5.88 Å². The van der Waals surface area contributed by atoms with Crippen LogP contribution in [0.4, 0.5) is 19.0 Å². The highest BCUT2D eigenvalue weighted by molar-refractivity contribution is 5.39. The average Bonchev–Trinajstić information content (AvgIpc) is 2.19. The quantitative estimate of drug-likeness (QED) is 0.844. The van der Waals surface area contributed by atoms with Crippen molar-refractivity contribution >= 4 is 5.82 Å². The highest BCUT2D eigenvalue weighted by atomic mass is 19.3. The van der Waals surface area contributed by atoms with Crippen molar-refractivity contribution in [1.29, 1.82) is 0 Å². The van der Waals surface area contributed by atoms with Crippen LogP contribution < -0.4 is 10.5 Å². The summed E-state index contributed by atoms with van der Waals surface area (Å²) in [5.74, 6) is -0.928. The van der Waals surface area contributed by atoms with Crippen LogP contribution in [0.1, 0.15) is 12.0 Å². The molecule has 6 heteroatoms. The van der Waals surface area contributed by atoms with Crippen LogP contribution in [0.15, 0.2) is 6.07 Å². The molecule has 84 valence electrons. The van der Waals surface area contributed by atoms with Gasteiger partial charge in [0.1, 0.15) is 0 Å². The zero-order valence-corrected chi connectivity index (χ0v) is 8.14. The number of hydrogen-bond donors (Lipinski definition) is 1. The Labute approximate surface area is 85.1 Å². The first-order valence-corrected chi connectivity index (χ1v) is 4.31. The van der Waals surface area contributed by atoms with E-state index in [1.165, 1.54) is 7.11 Å². The van der Waals surface area contributed by atoms with Crippen molar-refractivity contribution in [3.63, 3.8) is 0 Å². The van der Waals surface area contributed by atoms with Crippen LogP contribution in [0.5, 0.6) is 5.88 Å². The highest BCUT2D eigenvalue weighted by Gasteiger charge is 2.12. The zero-order chi connectivity index (χ0) is 11.4. The van der Waals surface area contributed by atoms with Crippen molar-refractivity contribution in [2.45, 2.75) is 19.3 Å². The van der Waals surface area contributed by atoms with Crippen molar-refractivity contribution in [2.24, 2.45) is 0 Å². The average molecular weight is 220 g/mol. The lowest BCUT2D eigenvalue weighted by molar-refractivity contribution is 0.137. The second kappa shape index (κ2) is 4.86. The third-order valence-corrected chi connectivity index (χ3v) is 1.87. The van der Waals surface area contributed by atoms with Crippen molar-refractivity contribution in [1.82, 2.24) is 4.98 Å². The van der Waals surface area contributed by atoms with Crippen molar-refractivity contribution < 1.29 is 17.9 Å². The molecule has 15 heavy (non-hydrogen) atoms. The summed E-state index contributed by atoms with van der Waals surface area (Å²) in [5, 5.41) is 0. The maximum absolute atomic E-state index is 13.0. The van der Waals surface area contributed by atoms with Gasteiger partial charge >= 0.3 is 0 Å². The first kappa shape index (κ1) is 11.6. The molecule has 1 aromatic rings. The SMILES string of the molecule is COc1nc(N)c(F)cc1CCC(F)F. The van der Waals surface area contributed by atoms with Crippen LogP contribution in [0.2, 0.25) is 0 Å². The van der Waals surface area contributed by atoms with Gasteiger partial charge in [0, 0.05) is 12.0 Å². The largest absolute Gasteiger partial charge is 0.481 e. The molecule has 0 aliphatic carbocycles. The van der Waals surface area contributed by atoms with Gasteiger partial charge in [-0.05, 0) is 12.5 Å². The summed E-state index contributed by atoms with van der Waals surface area (Å²) in [7, 11) is 1.32. The molecule has 0 spiro atoms. The smallest absolute Gasteiger partial charge is 0.239 e. The molecule has 0 atom stereocenters. The first-order chi connectivity index (χ1) is 7.04. The van der Waals surface area contributed by atoms with Crippen LogP contribution in [-0.2, 0) is 6.42 Å². The normalized spacial score (nSPS) is 10.7. The fraction of sp³-hybridized carbons (Fsp3) is 0.444. The molecule has 1 rings (SSSR count). The topological polar surface area (TPSA) is 48.1 Å². The van der Waals surface area contributed by atoms with Gasteiger partial charge in [0.25, 0.3) is 0 Å². The van der Waals surface area contributed by atoms with Gasteiger partial charge in [0.2, 0.25) is 12.3 Å². The van der Waals surface area contributed by atoms with Gasteiger partial charge in [0.15, 0.2) is 11.6 Å². The summed E-state index contributed by atoms with van der Waals surface area (Å²) >= 11 is 0.